The lowest BCUT2D eigenvalue weighted by molar-refractivity contribution is -0.129. The average molecular weight is 156 g/mol. The van der Waals surface area contributed by atoms with Crippen molar-refractivity contribution in [2.75, 3.05) is 0 Å². The van der Waals surface area contributed by atoms with Gasteiger partial charge in [-0.1, -0.05) is 0 Å². The molecule has 0 saturated carbocycles. The van der Waals surface area contributed by atoms with Crippen molar-refractivity contribution >= 4 is 18.7 Å². The van der Waals surface area contributed by atoms with Gasteiger partial charge in [-0.2, -0.15) is 4.73 Å². The van der Waals surface area contributed by atoms with Gasteiger partial charge in [0.05, 0.1) is 0 Å². The third kappa shape index (κ3) is 1.38. The predicted octanol–water partition coefficient (Wildman–Crippen LogP) is 0.198. The van der Waals surface area contributed by atoms with E-state index >= 15 is 0 Å². The second kappa shape index (κ2) is 3.07. The fourth-order valence-corrected chi connectivity index (χ4v) is 0.635. The molecule has 1 heterocycles. The first-order chi connectivity index (χ1) is 4.84. The van der Waals surface area contributed by atoms with Crippen molar-refractivity contribution in [3.8, 4) is 0 Å². The minimum atomic E-state index is 0.217. The standard InChI is InChI=1S/C5H4N2O2S/c8-4-9-7-3-1-2-6-5(7)10/h1-4H. The number of aromatic nitrogens is 2. The van der Waals surface area contributed by atoms with E-state index in [-0.39, 0.29) is 11.2 Å². The van der Waals surface area contributed by atoms with Gasteiger partial charge in [-0.15, -0.1) is 0 Å². The van der Waals surface area contributed by atoms with Gasteiger partial charge >= 0.3 is 6.47 Å². The van der Waals surface area contributed by atoms with Crippen molar-refractivity contribution in [1.29, 1.82) is 0 Å². The summed E-state index contributed by atoms with van der Waals surface area (Å²) in [6, 6.07) is 1.61. The van der Waals surface area contributed by atoms with Crippen LogP contribution in [0.25, 0.3) is 0 Å². The van der Waals surface area contributed by atoms with Crippen LogP contribution in [0, 0.1) is 4.77 Å². The Morgan fingerprint density at radius 1 is 1.80 bits per heavy atom. The number of hydrogen-bond acceptors (Lipinski definition) is 4. The molecular weight excluding hydrogens is 152 g/mol. The van der Waals surface area contributed by atoms with Crippen molar-refractivity contribution in [3.05, 3.63) is 23.2 Å². The molecule has 0 aliphatic carbocycles. The lowest BCUT2D eigenvalue weighted by Gasteiger charge is -1.97. The Morgan fingerprint density at radius 3 is 3.20 bits per heavy atom. The molecular formula is C5H4N2O2S. The molecule has 0 fully saturated rings. The maximum atomic E-state index is 9.81. The first kappa shape index (κ1) is 6.88. The van der Waals surface area contributed by atoms with E-state index in [1.54, 1.807) is 6.07 Å². The molecule has 0 amide bonds. The van der Waals surface area contributed by atoms with Crippen LogP contribution in [0.15, 0.2) is 18.5 Å². The van der Waals surface area contributed by atoms with E-state index in [1.807, 2.05) is 0 Å². The molecule has 0 N–H and O–H groups in total. The summed E-state index contributed by atoms with van der Waals surface area (Å²) in [5, 5.41) is 0. The highest BCUT2D eigenvalue weighted by molar-refractivity contribution is 7.71. The van der Waals surface area contributed by atoms with E-state index in [0.29, 0.717) is 0 Å². The van der Waals surface area contributed by atoms with Crippen LogP contribution >= 0.6 is 12.2 Å². The van der Waals surface area contributed by atoms with Crippen LogP contribution in [0.5, 0.6) is 0 Å². The molecule has 0 aromatic carbocycles. The van der Waals surface area contributed by atoms with Gasteiger partial charge in [-0.3, -0.25) is 4.79 Å². The number of carbonyl (C=O) groups excluding carboxylic acids is 1. The zero-order chi connectivity index (χ0) is 7.40. The summed E-state index contributed by atoms with van der Waals surface area (Å²) < 4.78 is 1.32. The SMILES string of the molecule is O=COn1cccnc1=S. The number of hydrogen-bond donors (Lipinski definition) is 0. The fourth-order valence-electron chi connectivity index (χ4n) is 0.471. The van der Waals surface area contributed by atoms with Crippen LogP contribution < -0.4 is 4.84 Å². The van der Waals surface area contributed by atoms with Crippen LogP contribution in [-0.4, -0.2) is 16.2 Å². The minimum absolute atomic E-state index is 0.217. The molecule has 1 rings (SSSR count). The number of rotatable bonds is 2. The minimum Gasteiger partial charge on any atom is -0.338 e. The highest BCUT2D eigenvalue weighted by Crippen LogP contribution is 1.83. The summed E-state index contributed by atoms with van der Waals surface area (Å²) in [5.41, 5.74) is 0. The van der Waals surface area contributed by atoms with Gasteiger partial charge in [-0.25, -0.2) is 4.98 Å². The van der Waals surface area contributed by atoms with Crippen LogP contribution in [0.1, 0.15) is 0 Å². The molecule has 0 atom stereocenters. The first-order valence-electron chi connectivity index (χ1n) is 2.49. The van der Waals surface area contributed by atoms with Gasteiger partial charge in [0.25, 0.3) is 0 Å². The summed E-state index contributed by atoms with van der Waals surface area (Å²) in [6.07, 6.45) is 3.02. The van der Waals surface area contributed by atoms with Crippen molar-refractivity contribution in [1.82, 2.24) is 9.71 Å². The molecule has 0 saturated heterocycles. The van der Waals surface area contributed by atoms with E-state index in [4.69, 9.17) is 0 Å². The lowest BCUT2D eigenvalue weighted by atomic mass is 10.7. The van der Waals surface area contributed by atoms with E-state index in [2.05, 4.69) is 22.0 Å². The van der Waals surface area contributed by atoms with E-state index < -0.39 is 0 Å². The molecule has 0 bridgehead atoms. The topological polar surface area (TPSA) is 44.1 Å². The zero-order valence-corrected chi connectivity index (χ0v) is 5.75. The molecule has 4 nitrogen and oxygen atoms in total. The smallest absolute Gasteiger partial charge is 0.321 e. The van der Waals surface area contributed by atoms with E-state index in [9.17, 15) is 4.79 Å². The van der Waals surface area contributed by atoms with Crippen LogP contribution in [0.2, 0.25) is 0 Å². The van der Waals surface area contributed by atoms with E-state index in [1.165, 1.54) is 12.4 Å². The molecule has 1 aromatic heterocycles. The van der Waals surface area contributed by atoms with Crippen LogP contribution in [0.3, 0.4) is 0 Å². The molecule has 0 unspecified atom stereocenters. The highest BCUT2D eigenvalue weighted by Gasteiger charge is 1.86. The zero-order valence-electron chi connectivity index (χ0n) is 4.93. The second-order valence-corrected chi connectivity index (χ2v) is 1.79. The van der Waals surface area contributed by atoms with Gasteiger partial charge in [0.15, 0.2) is 0 Å². The molecule has 5 heteroatoms. The van der Waals surface area contributed by atoms with Crippen LogP contribution in [-0.2, 0) is 4.79 Å². The maximum Gasteiger partial charge on any atom is 0.321 e. The van der Waals surface area contributed by atoms with Gasteiger partial charge in [0, 0.05) is 12.4 Å². The molecule has 1 aromatic rings. The van der Waals surface area contributed by atoms with Crippen LogP contribution in [0.4, 0.5) is 0 Å². The van der Waals surface area contributed by atoms with Crippen molar-refractivity contribution in [2.45, 2.75) is 0 Å². The van der Waals surface area contributed by atoms with Crippen molar-refractivity contribution in [2.24, 2.45) is 0 Å². The summed E-state index contributed by atoms with van der Waals surface area (Å²) in [6.45, 7) is 0.289. The van der Waals surface area contributed by atoms with Gasteiger partial charge < -0.3 is 4.84 Å². The van der Waals surface area contributed by atoms with Crippen molar-refractivity contribution in [3.63, 3.8) is 0 Å². The third-order valence-corrected chi connectivity index (χ3v) is 1.12. The Morgan fingerprint density at radius 2 is 2.60 bits per heavy atom. The molecule has 0 aliphatic rings. The Balaban J connectivity index is 3.03. The number of carbonyl (C=O) groups is 1. The quantitative estimate of drug-likeness (QED) is 0.453. The fraction of sp³-hybridized carbons (Fsp3) is 0. The average Bonchev–Trinajstić information content (AvgIpc) is 1.94. The van der Waals surface area contributed by atoms with E-state index in [0.717, 1.165) is 4.73 Å². The van der Waals surface area contributed by atoms with Gasteiger partial charge in [-0.05, 0) is 18.3 Å². The summed E-state index contributed by atoms with van der Waals surface area (Å²) in [4.78, 5) is 17.9. The monoisotopic (exact) mass is 156 g/mol. The molecule has 52 valence electrons. The molecule has 10 heavy (non-hydrogen) atoms. The Labute approximate surface area is 62.0 Å². The lowest BCUT2D eigenvalue weighted by Crippen LogP contribution is -2.10. The Kier molecular flexibility index (Phi) is 2.11. The van der Waals surface area contributed by atoms with Crippen molar-refractivity contribution < 1.29 is 9.63 Å². The summed E-state index contributed by atoms with van der Waals surface area (Å²) in [7, 11) is 0. The molecule has 0 spiro atoms. The normalized spacial score (nSPS) is 8.80. The van der Waals surface area contributed by atoms with Gasteiger partial charge in [0.2, 0.25) is 4.77 Å². The largest absolute Gasteiger partial charge is 0.338 e. The highest BCUT2D eigenvalue weighted by atomic mass is 32.1. The summed E-state index contributed by atoms with van der Waals surface area (Å²) in [5.74, 6) is 0. The summed E-state index contributed by atoms with van der Waals surface area (Å²) >= 11 is 4.69. The predicted molar refractivity (Wildman–Crippen MR) is 35.7 cm³/mol. The Bertz CT molecular complexity index is 283. The molecule has 0 aliphatic heterocycles. The second-order valence-electron chi connectivity index (χ2n) is 1.43. The Hall–Kier alpha value is -1.23. The van der Waals surface area contributed by atoms with Gasteiger partial charge in [0.1, 0.15) is 0 Å². The molecule has 0 radical (unpaired) electrons. The maximum absolute atomic E-state index is 9.81. The third-order valence-electron chi connectivity index (χ3n) is 0.838. The number of nitrogens with zero attached hydrogens (tertiary/aromatic N) is 2. The first-order valence-corrected chi connectivity index (χ1v) is 2.90.